The van der Waals surface area contributed by atoms with Crippen LogP contribution in [0.15, 0.2) is 0 Å². The molecule has 0 spiro atoms. The summed E-state index contributed by atoms with van der Waals surface area (Å²) in [5.74, 6) is 0.737. The number of hydrogen-bond acceptors (Lipinski definition) is 1. The number of thiocarbonyl (C=S) groups is 1. The van der Waals surface area contributed by atoms with Crippen LogP contribution in [-0.2, 0) is 0 Å². The molecule has 1 heterocycles. The number of rotatable bonds is 2. The predicted octanol–water partition coefficient (Wildman–Crippen LogP) is 2.85. The van der Waals surface area contributed by atoms with Gasteiger partial charge in [-0.25, -0.2) is 0 Å². The highest BCUT2D eigenvalue weighted by atomic mass is 32.1. The van der Waals surface area contributed by atoms with Crippen LogP contribution in [0.5, 0.6) is 0 Å². The normalized spacial score (nSPS) is 19.9. The Bertz CT molecular complexity index is 154. The van der Waals surface area contributed by atoms with Crippen LogP contribution in [-0.4, -0.2) is 23.0 Å². The minimum absolute atomic E-state index is 0.737. The van der Waals surface area contributed by atoms with Crippen molar-refractivity contribution in [1.82, 2.24) is 4.90 Å². The van der Waals surface area contributed by atoms with Gasteiger partial charge in [0.05, 0.1) is 4.99 Å². The molecule has 70 valence electrons. The molecule has 1 nitrogen and oxygen atoms in total. The second-order valence-corrected chi connectivity index (χ2v) is 4.52. The summed E-state index contributed by atoms with van der Waals surface area (Å²) >= 11 is 5.36. The Morgan fingerprint density at radius 3 is 2.75 bits per heavy atom. The molecule has 1 aliphatic heterocycles. The minimum atomic E-state index is 0.737. The average Bonchev–Trinajstić information content (AvgIpc) is 2.16. The van der Waals surface area contributed by atoms with E-state index >= 15 is 0 Å². The van der Waals surface area contributed by atoms with E-state index in [0.717, 1.165) is 18.9 Å². The molecule has 1 fully saturated rings. The quantitative estimate of drug-likeness (QED) is 0.609. The van der Waals surface area contributed by atoms with E-state index in [4.69, 9.17) is 12.2 Å². The van der Waals surface area contributed by atoms with Crippen LogP contribution >= 0.6 is 12.2 Å². The lowest BCUT2D eigenvalue weighted by Crippen LogP contribution is -2.32. The molecule has 0 bridgehead atoms. The Balaban J connectivity index is 2.42. The summed E-state index contributed by atoms with van der Waals surface area (Å²) in [6.45, 7) is 6.86. The molecule has 0 radical (unpaired) electrons. The fourth-order valence-electron chi connectivity index (χ4n) is 1.67. The molecular formula is C10H19NS. The maximum absolute atomic E-state index is 5.36. The van der Waals surface area contributed by atoms with Crippen molar-refractivity contribution in [2.24, 2.45) is 5.92 Å². The van der Waals surface area contributed by atoms with Crippen LogP contribution in [0.25, 0.3) is 0 Å². The van der Waals surface area contributed by atoms with Gasteiger partial charge in [-0.05, 0) is 25.2 Å². The van der Waals surface area contributed by atoms with Crippen molar-refractivity contribution in [3.05, 3.63) is 0 Å². The molecule has 1 saturated heterocycles. The van der Waals surface area contributed by atoms with E-state index < -0.39 is 0 Å². The van der Waals surface area contributed by atoms with Crippen LogP contribution in [0.2, 0.25) is 0 Å². The largest absolute Gasteiger partial charge is 0.366 e. The third-order valence-electron chi connectivity index (χ3n) is 2.26. The average molecular weight is 185 g/mol. The van der Waals surface area contributed by atoms with Crippen molar-refractivity contribution in [3.8, 4) is 0 Å². The first kappa shape index (κ1) is 9.97. The van der Waals surface area contributed by atoms with Gasteiger partial charge in [0, 0.05) is 13.1 Å². The molecule has 0 saturated carbocycles. The van der Waals surface area contributed by atoms with E-state index in [1.165, 1.54) is 30.8 Å². The molecule has 0 aromatic carbocycles. The van der Waals surface area contributed by atoms with Crippen LogP contribution in [0.4, 0.5) is 0 Å². The molecule has 0 atom stereocenters. The first-order valence-electron chi connectivity index (χ1n) is 4.98. The summed E-state index contributed by atoms with van der Waals surface area (Å²) < 4.78 is 0. The van der Waals surface area contributed by atoms with Gasteiger partial charge in [-0.2, -0.15) is 0 Å². The molecular weight excluding hydrogens is 166 g/mol. The fraction of sp³-hybridized carbons (Fsp3) is 0.900. The summed E-state index contributed by atoms with van der Waals surface area (Å²) in [5, 5.41) is 0. The van der Waals surface area contributed by atoms with Gasteiger partial charge in [0.25, 0.3) is 0 Å². The lowest BCUT2D eigenvalue weighted by Gasteiger charge is -2.24. The summed E-state index contributed by atoms with van der Waals surface area (Å²) in [6.07, 6.45) is 5.12. The number of nitrogens with zero attached hydrogens (tertiary/aromatic N) is 1. The molecule has 0 aliphatic carbocycles. The summed E-state index contributed by atoms with van der Waals surface area (Å²) in [6, 6.07) is 0. The first-order chi connectivity index (χ1) is 5.70. The van der Waals surface area contributed by atoms with Crippen LogP contribution < -0.4 is 0 Å². The van der Waals surface area contributed by atoms with Gasteiger partial charge in [0.15, 0.2) is 0 Å². The zero-order valence-corrected chi connectivity index (χ0v) is 8.99. The lowest BCUT2D eigenvalue weighted by atomic mass is 10.2. The van der Waals surface area contributed by atoms with Crippen LogP contribution in [0.3, 0.4) is 0 Å². The van der Waals surface area contributed by atoms with E-state index in [9.17, 15) is 0 Å². The van der Waals surface area contributed by atoms with E-state index in [1.54, 1.807) is 0 Å². The summed E-state index contributed by atoms with van der Waals surface area (Å²) in [7, 11) is 0. The van der Waals surface area contributed by atoms with E-state index in [0.29, 0.717) is 0 Å². The van der Waals surface area contributed by atoms with Crippen LogP contribution in [0.1, 0.15) is 39.5 Å². The Morgan fingerprint density at radius 1 is 1.33 bits per heavy atom. The maximum Gasteiger partial charge on any atom is 0.0779 e. The zero-order valence-electron chi connectivity index (χ0n) is 8.18. The number of likely N-dealkylation sites (tertiary alicyclic amines) is 1. The predicted molar refractivity (Wildman–Crippen MR) is 57.5 cm³/mol. The Labute approximate surface area is 81.1 Å². The Kier molecular flexibility index (Phi) is 3.99. The van der Waals surface area contributed by atoms with E-state index in [2.05, 4.69) is 18.7 Å². The summed E-state index contributed by atoms with van der Waals surface area (Å²) in [4.78, 5) is 3.59. The van der Waals surface area contributed by atoms with Crippen molar-refractivity contribution in [1.29, 1.82) is 0 Å². The molecule has 1 rings (SSSR count). The first-order valence-corrected chi connectivity index (χ1v) is 5.38. The molecule has 0 aromatic heterocycles. The topological polar surface area (TPSA) is 3.24 Å². The van der Waals surface area contributed by atoms with Crippen molar-refractivity contribution < 1.29 is 0 Å². The third-order valence-corrected chi connectivity index (χ3v) is 2.72. The summed E-state index contributed by atoms with van der Waals surface area (Å²) in [5.41, 5.74) is 0. The van der Waals surface area contributed by atoms with Gasteiger partial charge in [-0.15, -0.1) is 0 Å². The van der Waals surface area contributed by atoms with Crippen molar-refractivity contribution >= 4 is 17.2 Å². The standard InChI is InChI=1S/C10H19NS/c1-9(2)8-11-7-5-3-4-6-10(11)12/h9H,3-8H2,1-2H3. The molecule has 0 unspecified atom stereocenters. The maximum atomic E-state index is 5.36. The SMILES string of the molecule is CC(C)CN1CCCCCC1=S. The molecule has 0 aromatic rings. The molecule has 0 amide bonds. The van der Waals surface area contributed by atoms with Crippen LogP contribution in [0, 0.1) is 5.92 Å². The molecule has 1 aliphatic rings. The third kappa shape index (κ3) is 3.10. The zero-order chi connectivity index (χ0) is 8.97. The highest BCUT2D eigenvalue weighted by molar-refractivity contribution is 7.80. The second kappa shape index (κ2) is 4.80. The lowest BCUT2D eigenvalue weighted by molar-refractivity contribution is 0.368. The molecule has 2 heteroatoms. The highest BCUT2D eigenvalue weighted by Gasteiger charge is 2.13. The van der Waals surface area contributed by atoms with Gasteiger partial charge in [0.1, 0.15) is 0 Å². The van der Waals surface area contributed by atoms with Crippen molar-refractivity contribution in [2.75, 3.05) is 13.1 Å². The minimum Gasteiger partial charge on any atom is -0.366 e. The van der Waals surface area contributed by atoms with E-state index in [1.807, 2.05) is 0 Å². The van der Waals surface area contributed by atoms with Gasteiger partial charge < -0.3 is 4.90 Å². The Hall–Kier alpha value is -0.110. The molecule has 0 N–H and O–H groups in total. The monoisotopic (exact) mass is 185 g/mol. The van der Waals surface area contributed by atoms with Gasteiger partial charge in [-0.3, -0.25) is 0 Å². The van der Waals surface area contributed by atoms with Gasteiger partial charge in [-0.1, -0.05) is 32.5 Å². The fourth-order valence-corrected chi connectivity index (χ4v) is 1.98. The Morgan fingerprint density at radius 2 is 2.08 bits per heavy atom. The smallest absolute Gasteiger partial charge is 0.0779 e. The van der Waals surface area contributed by atoms with E-state index in [-0.39, 0.29) is 0 Å². The highest BCUT2D eigenvalue weighted by Crippen LogP contribution is 2.13. The van der Waals surface area contributed by atoms with Gasteiger partial charge >= 0.3 is 0 Å². The number of hydrogen-bond donors (Lipinski definition) is 0. The van der Waals surface area contributed by atoms with Gasteiger partial charge in [0.2, 0.25) is 0 Å². The van der Waals surface area contributed by atoms with Crippen molar-refractivity contribution in [3.63, 3.8) is 0 Å². The molecule has 12 heavy (non-hydrogen) atoms. The second-order valence-electron chi connectivity index (χ2n) is 4.04. The van der Waals surface area contributed by atoms with Crippen molar-refractivity contribution in [2.45, 2.75) is 39.5 Å².